The molecule has 0 spiro atoms. The lowest BCUT2D eigenvalue weighted by Gasteiger charge is -2.24. The first-order valence-electron chi connectivity index (χ1n) is 10.6. The number of para-hydroxylation sites is 1. The normalized spacial score (nSPS) is 13.2. The van der Waals surface area contributed by atoms with E-state index in [-0.39, 0.29) is 23.2 Å². The van der Waals surface area contributed by atoms with Gasteiger partial charge >= 0.3 is 0 Å². The Bertz CT molecular complexity index is 1190. The third kappa shape index (κ3) is 5.14. The van der Waals surface area contributed by atoms with Crippen LogP contribution in [0.25, 0.3) is 0 Å². The van der Waals surface area contributed by atoms with Crippen molar-refractivity contribution < 1.29 is 5.11 Å². The number of aromatic hydroxyl groups is 1. The molecule has 0 fully saturated rings. The van der Waals surface area contributed by atoms with Crippen molar-refractivity contribution in [3.63, 3.8) is 0 Å². The van der Waals surface area contributed by atoms with Crippen molar-refractivity contribution in [2.75, 3.05) is 10.6 Å². The van der Waals surface area contributed by atoms with E-state index < -0.39 is 10.9 Å². The highest BCUT2D eigenvalue weighted by Crippen LogP contribution is 2.36. The molecule has 0 heterocycles. The number of hydrogen-bond acceptors (Lipinski definition) is 6. The van der Waals surface area contributed by atoms with E-state index in [0.717, 1.165) is 16.9 Å². The van der Waals surface area contributed by atoms with E-state index in [0.29, 0.717) is 17.2 Å². The molecule has 6 heteroatoms. The molecular formula is C26H28N2O3S. The number of allylic oxidation sites excluding steroid dienone is 1. The van der Waals surface area contributed by atoms with Gasteiger partial charge in [0.1, 0.15) is 17.1 Å². The zero-order chi connectivity index (χ0) is 23.3. The van der Waals surface area contributed by atoms with Crippen LogP contribution in [0, 0.1) is 12.8 Å². The Hall–Kier alpha value is -3.25. The molecule has 0 amide bonds. The van der Waals surface area contributed by atoms with E-state index in [1.165, 1.54) is 11.8 Å². The van der Waals surface area contributed by atoms with Gasteiger partial charge in [0.2, 0.25) is 0 Å². The average molecular weight is 449 g/mol. The number of benzene rings is 2. The summed E-state index contributed by atoms with van der Waals surface area (Å²) >= 11 is 1.49. The number of phenolic OH excluding ortho intramolecular Hbond substituents is 1. The van der Waals surface area contributed by atoms with Crippen molar-refractivity contribution in [3.05, 3.63) is 103 Å². The standard InChI is InChI=1S/C26H28N2O3S/c1-5-16(2)14-15-32-18(4)21(19-11-7-6-8-12-19)28-23-22(25(30)26(23)31)27-20-13-9-10-17(3)24(20)29/h6-16,21,27-29H,4-5H2,1-3H3/b15-14-. The van der Waals surface area contributed by atoms with E-state index in [4.69, 9.17) is 0 Å². The topological polar surface area (TPSA) is 78.4 Å². The fourth-order valence-electron chi connectivity index (χ4n) is 3.15. The predicted octanol–water partition coefficient (Wildman–Crippen LogP) is 6.00. The monoisotopic (exact) mass is 448 g/mol. The summed E-state index contributed by atoms with van der Waals surface area (Å²) in [5.41, 5.74) is 1.11. The van der Waals surface area contributed by atoms with E-state index >= 15 is 0 Å². The molecule has 2 unspecified atom stereocenters. The Balaban J connectivity index is 1.89. The van der Waals surface area contributed by atoms with Crippen molar-refractivity contribution in [3.8, 4) is 5.75 Å². The van der Waals surface area contributed by atoms with Crippen LogP contribution < -0.4 is 21.5 Å². The van der Waals surface area contributed by atoms with Gasteiger partial charge < -0.3 is 15.7 Å². The number of nitrogens with one attached hydrogen (secondary N) is 2. The van der Waals surface area contributed by atoms with Crippen molar-refractivity contribution in [1.82, 2.24) is 0 Å². The molecule has 0 aliphatic heterocycles. The van der Waals surface area contributed by atoms with Crippen LogP contribution in [0.1, 0.15) is 37.4 Å². The number of anilines is 3. The minimum Gasteiger partial charge on any atom is -0.505 e. The van der Waals surface area contributed by atoms with E-state index in [2.05, 4.69) is 37.1 Å². The van der Waals surface area contributed by atoms with Gasteiger partial charge in [0, 0.05) is 4.91 Å². The molecule has 0 saturated heterocycles. The maximum Gasteiger partial charge on any atom is 0.253 e. The van der Waals surface area contributed by atoms with Gasteiger partial charge in [-0.1, -0.05) is 75.4 Å². The fourth-order valence-corrected chi connectivity index (χ4v) is 4.00. The highest BCUT2D eigenvalue weighted by atomic mass is 32.2. The van der Waals surface area contributed by atoms with Gasteiger partial charge in [0.25, 0.3) is 10.9 Å². The highest BCUT2D eigenvalue weighted by Gasteiger charge is 2.26. The molecule has 32 heavy (non-hydrogen) atoms. The number of rotatable bonds is 10. The van der Waals surface area contributed by atoms with Crippen molar-refractivity contribution in [2.45, 2.75) is 33.2 Å². The summed E-state index contributed by atoms with van der Waals surface area (Å²) in [4.78, 5) is 25.5. The molecule has 0 aromatic heterocycles. The van der Waals surface area contributed by atoms with E-state index in [1.54, 1.807) is 25.1 Å². The molecule has 0 radical (unpaired) electrons. The number of thioether (sulfide) groups is 1. The Kier molecular flexibility index (Phi) is 7.59. The van der Waals surface area contributed by atoms with Gasteiger partial charge in [-0.25, -0.2) is 0 Å². The highest BCUT2D eigenvalue weighted by molar-refractivity contribution is 8.05. The molecule has 0 saturated carbocycles. The second-order valence-electron chi connectivity index (χ2n) is 7.79. The van der Waals surface area contributed by atoms with Gasteiger partial charge in [-0.2, -0.15) is 0 Å². The van der Waals surface area contributed by atoms with Crippen LogP contribution in [-0.2, 0) is 0 Å². The molecule has 2 atom stereocenters. The lowest BCUT2D eigenvalue weighted by Crippen LogP contribution is -2.37. The first kappa shape index (κ1) is 23.4. The third-order valence-corrected chi connectivity index (χ3v) is 6.25. The van der Waals surface area contributed by atoms with Gasteiger partial charge in [-0.05, 0) is 35.4 Å². The number of hydrogen-bond donors (Lipinski definition) is 3. The number of phenols is 1. The van der Waals surface area contributed by atoms with Gasteiger partial charge in [0.05, 0.1) is 11.7 Å². The maximum absolute atomic E-state index is 12.4. The summed E-state index contributed by atoms with van der Waals surface area (Å²) in [6, 6.07) is 14.5. The van der Waals surface area contributed by atoms with Gasteiger partial charge in [-0.3, -0.25) is 9.59 Å². The predicted molar refractivity (Wildman–Crippen MR) is 136 cm³/mol. The molecule has 3 aromatic carbocycles. The molecule has 0 aliphatic carbocycles. The third-order valence-electron chi connectivity index (χ3n) is 5.42. The minimum absolute atomic E-state index is 0.0428. The molecule has 3 rings (SSSR count). The zero-order valence-corrected chi connectivity index (χ0v) is 19.3. The molecule has 3 N–H and O–H groups in total. The second-order valence-corrected chi connectivity index (χ2v) is 8.82. The van der Waals surface area contributed by atoms with Gasteiger partial charge in [0.15, 0.2) is 0 Å². The summed E-state index contributed by atoms with van der Waals surface area (Å²) in [7, 11) is 0. The van der Waals surface area contributed by atoms with Crippen LogP contribution in [0.15, 0.2) is 81.1 Å². The van der Waals surface area contributed by atoms with Crippen LogP contribution in [-0.4, -0.2) is 5.11 Å². The van der Waals surface area contributed by atoms with E-state index in [9.17, 15) is 14.7 Å². The molecule has 0 bridgehead atoms. The van der Waals surface area contributed by atoms with Crippen molar-refractivity contribution in [2.24, 2.45) is 5.92 Å². The Morgan fingerprint density at radius 2 is 1.78 bits per heavy atom. The molecule has 166 valence electrons. The minimum atomic E-state index is -0.616. The summed E-state index contributed by atoms with van der Waals surface area (Å²) in [6.45, 7) is 10.3. The lowest BCUT2D eigenvalue weighted by molar-refractivity contribution is 0.473. The quantitative estimate of drug-likeness (QED) is 0.261. The Morgan fingerprint density at radius 1 is 1.09 bits per heavy atom. The van der Waals surface area contributed by atoms with Crippen LogP contribution in [0.3, 0.4) is 0 Å². The average Bonchev–Trinajstić information content (AvgIpc) is 2.81. The summed E-state index contributed by atoms with van der Waals surface area (Å²) in [5.74, 6) is 0.506. The second kappa shape index (κ2) is 10.4. The smallest absolute Gasteiger partial charge is 0.253 e. The largest absolute Gasteiger partial charge is 0.505 e. The van der Waals surface area contributed by atoms with Crippen LogP contribution >= 0.6 is 11.8 Å². The Labute approximate surface area is 192 Å². The molecule has 5 nitrogen and oxygen atoms in total. The first-order chi connectivity index (χ1) is 15.3. The van der Waals surface area contributed by atoms with Crippen LogP contribution in [0.5, 0.6) is 5.75 Å². The summed E-state index contributed by atoms with van der Waals surface area (Å²) < 4.78 is 0. The van der Waals surface area contributed by atoms with Crippen LogP contribution in [0.2, 0.25) is 0 Å². The van der Waals surface area contributed by atoms with Crippen molar-refractivity contribution in [1.29, 1.82) is 0 Å². The van der Waals surface area contributed by atoms with Crippen LogP contribution in [0.4, 0.5) is 17.1 Å². The lowest BCUT2D eigenvalue weighted by atomic mass is 10.0. The van der Waals surface area contributed by atoms with Gasteiger partial charge in [-0.15, -0.1) is 11.8 Å². The zero-order valence-electron chi connectivity index (χ0n) is 18.5. The fraction of sp³-hybridized carbons (Fsp3) is 0.231. The Morgan fingerprint density at radius 3 is 2.47 bits per heavy atom. The van der Waals surface area contributed by atoms with E-state index in [1.807, 2.05) is 35.7 Å². The molecule has 0 aliphatic rings. The summed E-state index contributed by atoms with van der Waals surface area (Å²) in [6.07, 6.45) is 3.18. The molecule has 3 aromatic rings. The first-order valence-corrected chi connectivity index (χ1v) is 11.4. The SMILES string of the molecule is C=C(S/C=C\C(C)CC)C(Nc1c(Nc2cccc(C)c2O)c(=O)c1=O)c1ccccc1. The number of aryl methyl sites for hydroxylation is 1. The van der Waals surface area contributed by atoms with Crippen molar-refractivity contribution >= 4 is 28.8 Å². The molecular weight excluding hydrogens is 420 g/mol. The maximum atomic E-state index is 12.4. The summed E-state index contributed by atoms with van der Waals surface area (Å²) in [5, 5.41) is 18.4.